The van der Waals surface area contributed by atoms with E-state index < -0.39 is 0 Å². The Morgan fingerprint density at radius 3 is 2.62 bits per heavy atom. The molecule has 0 saturated carbocycles. The van der Waals surface area contributed by atoms with Crippen LogP contribution in [0.2, 0.25) is 0 Å². The Labute approximate surface area is 94.5 Å². The molecule has 2 rings (SSSR count). The van der Waals surface area contributed by atoms with Crippen molar-refractivity contribution in [1.82, 2.24) is 4.98 Å². The number of nitrogens with two attached hydrogens (primary N) is 1. The van der Waals surface area contributed by atoms with Crippen LogP contribution in [0.15, 0.2) is 24.3 Å². The van der Waals surface area contributed by atoms with Crippen LogP contribution in [0, 0.1) is 25.2 Å². The minimum Gasteiger partial charge on any atom is -0.384 e. The molecule has 1 heterocycles. The van der Waals surface area contributed by atoms with Crippen molar-refractivity contribution in [2.24, 2.45) is 0 Å². The Kier molecular flexibility index (Phi) is 2.41. The van der Waals surface area contributed by atoms with Gasteiger partial charge in [-0.2, -0.15) is 5.26 Å². The molecule has 2 aromatic rings. The van der Waals surface area contributed by atoms with Crippen LogP contribution in [-0.4, -0.2) is 4.98 Å². The maximum atomic E-state index is 8.85. The molecule has 3 N–H and O–H groups in total. The number of anilines is 1. The minimum absolute atomic E-state index is 0.429. The second-order valence-electron chi connectivity index (χ2n) is 3.94. The van der Waals surface area contributed by atoms with Crippen molar-refractivity contribution in [3.8, 4) is 17.3 Å². The van der Waals surface area contributed by atoms with Crippen LogP contribution in [-0.2, 0) is 0 Å². The average molecular weight is 211 g/mol. The van der Waals surface area contributed by atoms with Crippen LogP contribution >= 0.6 is 0 Å². The normalized spacial score (nSPS) is 10.1. The molecular weight excluding hydrogens is 198 g/mol. The fourth-order valence-corrected chi connectivity index (χ4v) is 1.73. The molecule has 0 aliphatic carbocycles. The number of hydrogen-bond donors (Lipinski definition) is 2. The summed E-state index contributed by atoms with van der Waals surface area (Å²) in [5.74, 6) is 0.429. The molecule has 0 spiro atoms. The van der Waals surface area contributed by atoms with E-state index in [0.717, 1.165) is 16.8 Å². The van der Waals surface area contributed by atoms with Gasteiger partial charge >= 0.3 is 0 Å². The highest BCUT2D eigenvalue weighted by molar-refractivity contribution is 5.70. The molecule has 0 fully saturated rings. The number of benzene rings is 1. The Morgan fingerprint density at radius 1 is 1.25 bits per heavy atom. The minimum atomic E-state index is 0.429. The van der Waals surface area contributed by atoms with Crippen molar-refractivity contribution in [3.05, 3.63) is 41.0 Å². The molecule has 1 aromatic heterocycles. The molecule has 3 heteroatoms. The van der Waals surface area contributed by atoms with Gasteiger partial charge in [0.1, 0.15) is 11.9 Å². The summed E-state index contributed by atoms with van der Waals surface area (Å²) in [6.07, 6.45) is 0. The van der Waals surface area contributed by atoms with Crippen LogP contribution in [0.4, 0.5) is 5.82 Å². The zero-order valence-corrected chi connectivity index (χ0v) is 9.33. The lowest BCUT2D eigenvalue weighted by Gasteiger charge is -2.04. The maximum Gasteiger partial charge on any atom is 0.119 e. The van der Waals surface area contributed by atoms with Gasteiger partial charge in [0.15, 0.2) is 0 Å². The Balaban J connectivity index is 2.59. The number of aromatic amines is 1. The highest BCUT2D eigenvalue weighted by Crippen LogP contribution is 2.26. The number of rotatable bonds is 1. The quantitative estimate of drug-likeness (QED) is 0.761. The molecule has 0 atom stereocenters. The molecule has 0 radical (unpaired) electrons. The van der Waals surface area contributed by atoms with Crippen molar-refractivity contribution < 1.29 is 0 Å². The summed E-state index contributed by atoms with van der Waals surface area (Å²) in [5, 5.41) is 8.85. The van der Waals surface area contributed by atoms with E-state index in [0.29, 0.717) is 11.4 Å². The first-order valence-corrected chi connectivity index (χ1v) is 5.08. The van der Waals surface area contributed by atoms with Gasteiger partial charge in [-0.3, -0.25) is 0 Å². The van der Waals surface area contributed by atoms with Crippen molar-refractivity contribution in [1.29, 1.82) is 5.26 Å². The highest BCUT2D eigenvalue weighted by atomic mass is 14.9. The molecule has 0 aliphatic rings. The lowest BCUT2D eigenvalue weighted by molar-refractivity contribution is 1.34. The molecule has 80 valence electrons. The zero-order valence-electron chi connectivity index (χ0n) is 9.33. The van der Waals surface area contributed by atoms with Gasteiger partial charge in [-0.05, 0) is 31.5 Å². The molecule has 3 nitrogen and oxygen atoms in total. The predicted octanol–water partition coefficient (Wildman–Crippen LogP) is 2.75. The second-order valence-corrected chi connectivity index (χ2v) is 3.94. The van der Waals surface area contributed by atoms with Crippen LogP contribution in [0.3, 0.4) is 0 Å². The number of nitriles is 1. The molecule has 0 aliphatic heterocycles. The number of aryl methyl sites for hydroxylation is 2. The van der Waals surface area contributed by atoms with Crippen LogP contribution in [0.5, 0.6) is 0 Å². The lowest BCUT2D eigenvalue weighted by atomic mass is 10.0. The summed E-state index contributed by atoms with van der Waals surface area (Å²) in [6, 6.07) is 10.1. The van der Waals surface area contributed by atoms with E-state index in [1.807, 2.05) is 13.8 Å². The topological polar surface area (TPSA) is 65.6 Å². The number of H-pyrrole nitrogens is 1. The summed E-state index contributed by atoms with van der Waals surface area (Å²) in [4.78, 5) is 3.04. The van der Waals surface area contributed by atoms with E-state index in [4.69, 9.17) is 11.0 Å². The largest absolute Gasteiger partial charge is 0.384 e. The summed E-state index contributed by atoms with van der Waals surface area (Å²) in [6.45, 7) is 4.08. The van der Waals surface area contributed by atoms with E-state index in [1.54, 1.807) is 6.07 Å². The molecule has 0 bridgehead atoms. The van der Waals surface area contributed by atoms with E-state index >= 15 is 0 Å². The molecule has 16 heavy (non-hydrogen) atoms. The van der Waals surface area contributed by atoms with Crippen LogP contribution in [0.1, 0.15) is 16.7 Å². The number of nitrogens with one attached hydrogen (secondary N) is 1. The monoisotopic (exact) mass is 211 g/mol. The molecular formula is C13H13N3. The van der Waals surface area contributed by atoms with Gasteiger partial charge in [0.05, 0.1) is 5.56 Å². The fourth-order valence-electron chi connectivity index (χ4n) is 1.73. The predicted molar refractivity (Wildman–Crippen MR) is 64.8 cm³/mol. The van der Waals surface area contributed by atoms with Gasteiger partial charge in [0.25, 0.3) is 0 Å². The molecule has 0 amide bonds. The first kappa shape index (κ1) is 10.3. The number of aromatic nitrogens is 1. The van der Waals surface area contributed by atoms with Crippen molar-refractivity contribution in [2.45, 2.75) is 13.8 Å². The second kappa shape index (κ2) is 3.74. The fraction of sp³-hybridized carbons (Fsp3) is 0.154. The van der Waals surface area contributed by atoms with Gasteiger partial charge in [-0.15, -0.1) is 0 Å². The van der Waals surface area contributed by atoms with E-state index in [2.05, 4.69) is 29.3 Å². The lowest BCUT2D eigenvalue weighted by Crippen LogP contribution is -1.88. The SMILES string of the molecule is Cc1ccc(C)c(-c2cc(C#N)c(N)[nH]2)c1. The van der Waals surface area contributed by atoms with Crippen LogP contribution < -0.4 is 5.73 Å². The summed E-state index contributed by atoms with van der Waals surface area (Å²) in [7, 11) is 0. The molecule has 0 unspecified atom stereocenters. The Morgan fingerprint density at radius 2 is 2.00 bits per heavy atom. The number of nitrogen functional groups attached to an aromatic ring is 1. The third-order valence-electron chi connectivity index (χ3n) is 2.65. The average Bonchev–Trinajstić information content (AvgIpc) is 2.63. The van der Waals surface area contributed by atoms with Gasteiger partial charge < -0.3 is 10.7 Å². The Hall–Kier alpha value is -2.21. The van der Waals surface area contributed by atoms with Gasteiger partial charge in [0.2, 0.25) is 0 Å². The standard InChI is InChI=1S/C13H13N3/c1-8-3-4-9(2)11(5-8)12-6-10(7-14)13(15)16-12/h3-6,16H,15H2,1-2H3. The first-order valence-electron chi connectivity index (χ1n) is 5.08. The van der Waals surface area contributed by atoms with Crippen molar-refractivity contribution in [2.75, 3.05) is 5.73 Å². The first-order chi connectivity index (χ1) is 7.61. The molecule has 0 saturated heterocycles. The third-order valence-corrected chi connectivity index (χ3v) is 2.65. The summed E-state index contributed by atoms with van der Waals surface area (Å²) < 4.78 is 0. The summed E-state index contributed by atoms with van der Waals surface area (Å²) in [5.41, 5.74) is 10.5. The maximum absolute atomic E-state index is 8.85. The van der Waals surface area contributed by atoms with Gasteiger partial charge in [0, 0.05) is 11.3 Å². The third kappa shape index (κ3) is 1.66. The smallest absolute Gasteiger partial charge is 0.119 e. The molecule has 1 aromatic carbocycles. The van der Waals surface area contributed by atoms with E-state index in [1.165, 1.54) is 5.56 Å². The Bertz CT molecular complexity index is 573. The van der Waals surface area contributed by atoms with Gasteiger partial charge in [-0.1, -0.05) is 17.7 Å². The van der Waals surface area contributed by atoms with Gasteiger partial charge in [-0.25, -0.2) is 0 Å². The van der Waals surface area contributed by atoms with E-state index in [-0.39, 0.29) is 0 Å². The highest BCUT2D eigenvalue weighted by Gasteiger charge is 2.08. The summed E-state index contributed by atoms with van der Waals surface area (Å²) >= 11 is 0. The zero-order chi connectivity index (χ0) is 11.7. The number of hydrogen-bond acceptors (Lipinski definition) is 2. The number of nitrogens with zero attached hydrogens (tertiary/aromatic N) is 1. The van der Waals surface area contributed by atoms with Crippen LogP contribution in [0.25, 0.3) is 11.3 Å². The van der Waals surface area contributed by atoms with Crippen molar-refractivity contribution in [3.63, 3.8) is 0 Å². The van der Waals surface area contributed by atoms with E-state index in [9.17, 15) is 0 Å². The van der Waals surface area contributed by atoms with Crippen molar-refractivity contribution >= 4 is 5.82 Å².